The number of amides is 2. The predicted molar refractivity (Wildman–Crippen MR) is 126 cm³/mol. The van der Waals surface area contributed by atoms with E-state index in [0.717, 1.165) is 42.2 Å². The molecule has 2 heterocycles. The molecule has 0 unspecified atom stereocenters. The van der Waals surface area contributed by atoms with Gasteiger partial charge in [0.2, 0.25) is 0 Å². The number of nitrogens with one attached hydrogen (secondary N) is 1. The predicted octanol–water partition coefficient (Wildman–Crippen LogP) is 3.72. The van der Waals surface area contributed by atoms with Crippen LogP contribution in [0.3, 0.4) is 0 Å². The average Bonchev–Trinajstić information content (AvgIpc) is 3.11. The molecular formula is C24H26N4O2S. The van der Waals surface area contributed by atoms with E-state index >= 15 is 0 Å². The molecule has 0 aliphatic carbocycles. The highest BCUT2D eigenvalue weighted by molar-refractivity contribution is 7.17. The quantitative estimate of drug-likeness (QED) is 0.620. The van der Waals surface area contributed by atoms with Gasteiger partial charge in [0.1, 0.15) is 5.00 Å². The third kappa shape index (κ3) is 4.62. The summed E-state index contributed by atoms with van der Waals surface area (Å²) in [4.78, 5) is 30.4. The monoisotopic (exact) mass is 434 g/mol. The molecule has 160 valence electrons. The normalized spacial score (nSPS) is 13.5. The van der Waals surface area contributed by atoms with E-state index in [1.165, 1.54) is 16.9 Å². The number of hydrogen-bond donors (Lipinski definition) is 2. The van der Waals surface area contributed by atoms with Crippen LogP contribution in [0.5, 0.6) is 0 Å². The number of hydrogen-bond acceptors (Lipinski definition) is 5. The van der Waals surface area contributed by atoms with Gasteiger partial charge in [0.05, 0.1) is 5.56 Å². The van der Waals surface area contributed by atoms with Gasteiger partial charge in [0, 0.05) is 49.9 Å². The van der Waals surface area contributed by atoms with Gasteiger partial charge in [-0.25, -0.2) is 0 Å². The number of nitrogens with zero attached hydrogens (tertiary/aromatic N) is 2. The van der Waals surface area contributed by atoms with Crippen molar-refractivity contribution in [2.75, 3.05) is 30.9 Å². The van der Waals surface area contributed by atoms with E-state index in [-0.39, 0.29) is 5.91 Å². The minimum absolute atomic E-state index is 0.243. The van der Waals surface area contributed by atoms with Crippen LogP contribution in [0.25, 0.3) is 0 Å². The summed E-state index contributed by atoms with van der Waals surface area (Å²) in [5.74, 6) is -0.736. The molecule has 6 nitrogen and oxygen atoms in total. The summed E-state index contributed by atoms with van der Waals surface area (Å²) in [6.45, 7) is 2.44. The Hall–Kier alpha value is -3.16. The van der Waals surface area contributed by atoms with Gasteiger partial charge in [-0.3, -0.25) is 14.5 Å². The van der Waals surface area contributed by atoms with Gasteiger partial charge in [0.15, 0.2) is 0 Å². The maximum atomic E-state index is 12.8. The van der Waals surface area contributed by atoms with Gasteiger partial charge in [-0.1, -0.05) is 30.3 Å². The smallest absolute Gasteiger partial charge is 0.256 e. The number of nitrogens with two attached hydrogens (primary N) is 1. The fourth-order valence-electron chi connectivity index (χ4n) is 3.87. The highest BCUT2D eigenvalue weighted by atomic mass is 32.1. The van der Waals surface area contributed by atoms with Crippen LogP contribution < -0.4 is 16.0 Å². The molecule has 7 heteroatoms. The van der Waals surface area contributed by atoms with Crippen molar-refractivity contribution in [3.63, 3.8) is 0 Å². The Morgan fingerprint density at radius 3 is 2.45 bits per heavy atom. The Labute approximate surface area is 186 Å². The van der Waals surface area contributed by atoms with Gasteiger partial charge in [-0.15, -0.1) is 11.3 Å². The molecular weight excluding hydrogens is 408 g/mol. The van der Waals surface area contributed by atoms with Crippen molar-refractivity contribution in [1.29, 1.82) is 0 Å². The van der Waals surface area contributed by atoms with Crippen LogP contribution in [0.2, 0.25) is 0 Å². The highest BCUT2D eigenvalue weighted by Crippen LogP contribution is 2.37. The van der Waals surface area contributed by atoms with Crippen molar-refractivity contribution in [3.8, 4) is 0 Å². The average molecular weight is 435 g/mol. The zero-order valence-electron chi connectivity index (χ0n) is 17.7. The van der Waals surface area contributed by atoms with Crippen molar-refractivity contribution < 1.29 is 9.59 Å². The van der Waals surface area contributed by atoms with E-state index in [2.05, 4.69) is 22.3 Å². The van der Waals surface area contributed by atoms with Gasteiger partial charge in [-0.05, 0) is 41.8 Å². The number of carbonyl (C=O) groups is 2. The van der Waals surface area contributed by atoms with Crippen LogP contribution in [0, 0.1) is 0 Å². The Morgan fingerprint density at radius 1 is 1.10 bits per heavy atom. The first-order valence-electron chi connectivity index (χ1n) is 10.2. The third-order valence-electron chi connectivity index (χ3n) is 5.50. The van der Waals surface area contributed by atoms with Crippen molar-refractivity contribution in [1.82, 2.24) is 4.90 Å². The van der Waals surface area contributed by atoms with E-state index in [9.17, 15) is 9.59 Å². The Balaban J connectivity index is 1.54. The number of carbonyl (C=O) groups excluding carboxylic acids is 2. The van der Waals surface area contributed by atoms with E-state index in [1.807, 2.05) is 49.3 Å². The van der Waals surface area contributed by atoms with Gasteiger partial charge >= 0.3 is 0 Å². The first-order chi connectivity index (χ1) is 14.9. The van der Waals surface area contributed by atoms with Crippen LogP contribution in [-0.2, 0) is 19.5 Å². The standard InChI is InChI=1S/C24H26N4O2S/c1-27(2)18-10-8-17(9-11-18)23(30)26-24-21(22(25)29)19-12-13-28(15-20(19)31-24)14-16-6-4-3-5-7-16/h3-11H,12-15H2,1-2H3,(H2,25,29)(H,26,30). The Bertz CT molecular complexity index is 1090. The molecule has 0 fully saturated rings. The molecule has 3 N–H and O–H groups in total. The molecule has 0 radical (unpaired) electrons. The van der Waals surface area contributed by atoms with Crippen molar-refractivity contribution in [2.45, 2.75) is 19.5 Å². The van der Waals surface area contributed by atoms with Gasteiger partial charge < -0.3 is 16.0 Å². The summed E-state index contributed by atoms with van der Waals surface area (Å²) in [6.07, 6.45) is 0.740. The highest BCUT2D eigenvalue weighted by Gasteiger charge is 2.28. The maximum absolute atomic E-state index is 12.8. The molecule has 4 rings (SSSR count). The third-order valence-corrected chi connectivity index (χ3v) is 6.64. The maximum Gasteiger partial charge on any atom is 0.256 e. The Kier molecular flexibility index (Phi) is 6.06. The number of thiophene rings is 1. The molecule has 1 aliphatic heterocycles. The minimum atomic E-state index is -0.493. The molecule has 2 amide bonds. The zero-order chi connectivity index (χ0) is 22.0. The Morgan fingerprint density at radius 2 is 1.81 bits per heavy atom. The molecule has 1 aromatic heterocycles. The van der Waals surface area contributed by atoms with E-state index < -0.39 is 5.91 Å². The number of anilines is 2. The van der Waals surface area contributed by atoms with Crippen LogP contribution in [0.1, 0.15) is 36.7 Å². The number of fused-ring (bicyclic) bond motifs is 1. The SMILES string of the molecule is CN(C)c1ccc(C(=O)Nc2sc3c(c2C(N)=O)CCN(Cc2ccccc2)C3)cc1. The molecule has 0 saturated carbocycles. The second kappa shape index (κ2) is 8.91. The molecule has 0 atom stereocenters. The van der Waals surface area contributed by atoms with Crippen LogP contribution in [0.4, 0.5) is 10.7 Å². The van der Waals surface area contributed by atoms with E-state index in [1.54, 1.807) is 12.1 Å². The van der Waals surface area contributed by atoms with E-state index in [4.69, 9.17) is 5.73 Å². The lowest BCUT2D eigenvalue weighted by atomic mass is 10.0. The number of rotatable bonds is 6. The summed E-state index contributed by atoms with van der Waals surface area (Å²) in [5, 5.41) is 3.47. The summed E-state index contributed by atoms with van der Waals surface area (Å²) in [5.41, 5.74) is 9.94. The second-order valence-corrected chi connectivity index (χ2v) is 9.02. The van der Waals surface area contributed by atoms with Crippen molar-refractivity contribution >= 4 is 33.8 Å². The van der Waals surface area contributed by atoms with Crippen molar-refractivity contribution in [2.24, 2.45) is 5.73 Å². The first kappa shape index (κ1) is 21.1. The molecule has 0 spiro atoms. The van der Waals surface area contributed by atoms with Crippen LogP contribution in [0.15, 0.2) is 54.6 Å². The summed E-state index contributed by atoms with van der Waals surface area (Å²) < 4.78 is 0. The molecule has 2 aromatic carbocycles. The summed E-state index contributed by atoms with van der Waals surface area (Å²) in [6, 6.07) is 17.7. The zero-order valence-corrected chi connectivity index (χ0v) is 18.5. The first-order valence-corrected chi connectivity index (χ1v) is 11.0. The lowest BCUT2D eigenvalue weighted by molar-refractivity contribution is 0.0999. The van der Waals surface area contributed by atoms with Crippen LogP contribution in [-0.4, -0.2) is 37.4 Å². The molecule has 1 aliphatic rings. The number of primary amides is 1. The van der Waals surface area contributed by atoms with Crippen LogP contribution >= 0.6 is 11.3 Å². The molecule has 0 bridgehead atoms. The lowest BCUT2D eigenvalue weighted by Gasteiger charge is -2.27. The van der Waals surface area contributed by atoms with E-state index in [0.29, 0.717) is 16.1 Å². The largest absolute Gasteiger partial charge is 0.378 e. The fourth-order valence-corrected chi connectivity index (χ4v) is 5.16. The molecule has 3 aromatic rings. The topological polar surface area (TPSA) is 78.7 Å². The summed E-state index contributed by atoms with van der Waals surface area (Å²) >= 11 is 1.45. The second-order valence-electron chi connectivity index (χ2n) is 7.91. The molecule has 31 heavy (non-hydrogen) atoms. The molecule has 0 saturated heterocycles. The number of benzene rings is 2. The minimum Gasteiger partial charge on any atom is -0.378 e. The van der Waals surface area contributed by atoms with Crippen molar-refractivity contribution in [3.05, 3.63) is 81.7 Å². The summed E-state index contributed by atoms with van der Waals surface area (Å²) in [7, 11) is 3.90. The lowest BCUT2D eigenvalue weighted by Crippen LogP contribution is -2.30. The van der Waals surface area contributed by atoms with Gasteiger partial charge in [0.25, 0.3) is 11.8 Å². The van der Waals surface area contributed by atoms with Gasteiger partial charge in [-0.2, -0.15) is 0 Å². The fraction of sp³-hybridized carbons (Fsp3) is 0.250.